The number of pyridine rings is 1. The van der Waals surface area contributed by atoms with Crippen molar-refractivity contribution >= 4 is 33.6 Å². The quantitative estimate of drug-likeness (QED) is 0.212. The minimum atomic E-state index is -0.827. The van der Waals surface area contributed by atoms with Crippen LogP contribution in [0, 0.1) is 6.92 Å². The maximum Gasteiger partial charge on any atom is 0.336 e. The summed E-state index contributed by atoms with van der Waals surface area (Å²) in [4.78, 5) is 51.1. The average molecular weight is 457 g/mol. The number of para-hydroxylation sites is 1. The maximum atomic E-state index is 13.6. The molecule has 0 spiro atoms. The highest BCUT2D eigenvalue weighted by Gasteiger charge is 2.39. The van der Waals surface area contributed by atoms with E-state index in [-0.39, 0.29) is 39.8 Å². The predicted molar refractivity (Wildman–Crippen MR) is 123 cm³/mol. The number of esters is 1. The highest BCUT2D eigenvalue weighted by molar-refractivity contribution is 6.09. The van der Waals surface area contributed by atoms with Crippen molar-refractivity contribution in [3.63, 3.8) is 0 Å². The summed E-state index contributed by atoms with van der Waals surface area (Å²) in [6.07, 6.45) is 0.557. The number of rotatable bonds is 2. The van der Waals surface area contributed by atoms with Crippen molar-refractivity contribution in [3.05, 3.63) is 78.9 Å². The van der Waals surface area contributed by atoms with Gasteiger partial charge in [-0.25, -0.2) is 4.79 Å². The maximum absolute atomic E-state index is 13.6. The lowest BCUT2D eigenvalue weighted by Crippen LogP contribution is -2.30. The van der Waals surface area contributed by atoms with Gasteiger partial charge in [-0.2, -0.15) is 0 Å². The number of nitrogens with zero attached hydrogens (tertiary/aromatic N) is 1. The van der Waals surface area contributed by atoms with E-state index in [1.54, 1.807) is 17.6 Å². The zero-order valence-electron chi connectivity index (χ0n) is 18.4. The van der Waals surface area contributed by atoms with Crippen molar-refractivity contribution in [2.45, 2.75) is 39.2 Å². The van der Waals surface area contributed by atoms with E-state index >= 15 is 0 Å². The first-order chi connectivity index (χ1) is 16.3. The van der Waals surface area contributed by atoms with Gasteiger partial charge in [0.25, 0.3) is 5.56 Å². The zero-order chi connectivity index (χ0) is 23.9. The number of phenols is 1. The van der Waals surface area contributed by atoms with Gasteiger partial charge >= 0.3 is 11.6 Å². The van der Waals surface area contributed by atoms with E-state index in [1.165, 1.54) is 13.0 Å². The van der Waals surface area contributed by atoms with Crippen molar-refractivity contribution < 1.29 is 23.8 Å². The van der Waals surface area contributed by atoms with Crippen LogP contribution in [0.15, 0.2) is 44.3 Å². The molecular formula is C26H19NO7. The molecule has 0 saturated heterocycles. The summed E-state index contributed by atoms with van der Waals surface area (Å²) in [7, 11) is 0. The van der Waals surface area contributed by atoms with Crippen molar-refractivity contribution in [1.29, 1.82) is 0 Å². The van der Waals surface area contributed by atoms with Gasteiger partial charge < -0.3 is 18.8 Å². The van der Waals surface area contributed by atoms with Gasteiger partial charge in [0.1, 0.15) is 16.9 Å². The van der Waals surface area contributed by atoms with Crippen LogP contribution >= 0.6 is 0 Å². The van der Waals surface area contributed by atoms with Gasteiger partial charge in [-0.15, -0.1) is 0 Å². The van der Waals surface area contributed by atoms with Crippen LogP contribution in [0.5, 0.6) is 11.5 Å². The molecule has 6 rings (SSSR count). The third-order valence-corrected chi connectivity index (χ3v) is 6.84. The van der Waals surface area contributed by atoms with Crippen LogP contribution in [-0.4, -0.2) is 21.4 Å². The van der Waals surface area contributed by atoms with Crippen LogP contribution in [0.1, 0.15) is 51.9 Å². The molecule has 1 atom stereocenters. The molecule has 0 radical (unpaired) electrons. The van der Waals surface area contributed by atoms with E-state index in [4.69, 9.17) is 9.15 Å². The third kappa shape index (κ3) is 2.65. The number of phenolic OH excluding ortho intramolecular Hbond substituents is 1. The van der Waals surface area contributed by atoms with Crippen LogP contribution in [-0.2, 0) is 17.8 Å². The summed E-state index contributed by atoms with van der Waals surface area (Å²) in [6, 6.07) is 8.80. The smallest absolute Gasteiger partial charge is 0.336 e. The summed E-state index contributed by atoms with van der Waals surface area (Å²) in [5, 5.41) is 12.0. The Hall–Kier alpha value is -4.20. The van der Waals surface area contributed by atoms with Crippen molar-refractivity contribution in [2.24, 2.45) is 0 Å². The highest BCUT2D eigenvalue weighted by atomic mass is 16.5. The SMILES string of the molecule is CC(=O)c1c2c(c3oc(=O)cc(C)c3c1O)[C@H](c1cc3cccc4c3n(c1=O)CC4)CC(=O)O2. The molecule has 0 saturated carbocycles. The fraction of sp³-hybridized carbons (Fsp3) is 0.231. The zero-order valence-corrected chi connectivity index (χ0v) is 18.4. The second kappa shape index (κ2) is 6.90. The lowest BCUT2D eigenvalue weighted by molar-refractivity contribution is -0.135. The molecule has 8 heteroatoms. The lowest BCUT2D eigenvalue weighted by atomic mass is 9.82. The van der Waals surface area contributed by atoms with Crippen LogP contribution < -0.4 is 15.9 Å². The van der Waals surface area contributed by atoms with Gasteiger partial charge in [0.05, 0.1) is 17.3 Å². The summed E-state index contributed by atoms with van der Waals surface area (Å²) in [5.41, 5.74) is 1.88. The molecule has 2 aliphatic rings. The molecule has 0 aliphatic carbocycles. The normalized spacial score (nSPS) is 16.6. The van der Waals surface area contributed by atoms with Gasteiger partial charge in [0.15, 0.2) is 11.5 Å². The highest BCUT2D eigenvalue weighted by Crippen LogP contribution is 2.49. The Balaban J connectivity index is 1.77. The number of hydrogen-bond acceptors (Lipinski definition) is 7. The second-order valence-electron chi connectivity index (χ2n) is 8.87. The molecular weight excluding hydrogens is 438 g/mol. The molecule has 0 unspecified atom stereocenters. The number of ketones is 1. The minimum Gasteiger partial charge on any atom is -0.506 e. The minimum absolute atomic E-state index is 0.00895. The number of Topliss-reactive ketones (excluding diaryl/α,β-unsaturated/α-hetero) is 1. The Labute approximate surface area is 192 Å². The van der Waals surface area contributed by atoms with Crippen molar-refractivity contribution in [1.82, 2.24) is 4.57 Å². The number of carbonyl (C=O) groups is 2. The van der Waals surface area contributed by atoms with E-state index < -0.39 is 29.0 Å². The summed E-state index contributed by atoms with van der Waals surface area (Å²) in [6.45, 7) is 3.39. The molecule has 1 N–H and O–H groups in total. The molecule has 2 aromatic heterocycles. The third-order valence-electron chi connectivity index (χ3n) is 6.84. The fourth-order valence-electron chi connectivity index (χ4n) is 5.44. The molecule has 4 aromatic rings. The Bertz CT molecular complexity index is 1720. The molecule has 2 aliphatic heterocycles. The number of hydrogen-bond donors (Lipinski definition) is 1. The van der Waals surface area contributed by atoms with E-state index in [1.807, 2.05) is 18.2 Å². The predicted octanol–water partition coefficient (Wildman–Crippen LogP) is 3.32. The number of aromatic nitrogens is 1. The monoisotopic (exact) mass is 457 g/mol. The van der Waals surface area contributed by atoms with Crippen LogP contribution in [0.2, 0.25) is 0 Å². The summed E-state index contributed by atoms with van der Waals surface area (Å²) < 4.78 is 12.7. The summed E-state index contributed by atoms with van der Waals surface area (Å²) >= 11 is 0. The molecule has 0 fully saturated rings. The van der Waals surface area contributed by atoms with Gasteiger partial charge in [-0.05, 0) is 42.8 Å². The molecule has 8 nitrogen and oxygen atoms in total. The first-order valence-corrected chi connectivity index (χ1v) is 11.0. The van der Waals surface area contributed by atoms with Gasteiger partial charge in [0.2, 0.25) is 0 Å². The van der Waals surface area contributed by atoms with E-state index in [0.717, 1.165) is 22.9 Å². The molecule has 0 bridgehead atoms. The molecule has 0 amide bonds. The molecule has 4 heterocycles. The topological polar surface area (TPSA) is 116 Å². The van der Waals surface area contributed by atoms with Crippen LogP contribution in [0.25, 0.3) is 21.9 Å². The summed E-state index contributed by atoms with van der Waals surface area (Å²) in [5.74, 6) is -2.58. The van der Waals surface area contributed by atoms with Gasteiger partial charge in [-0.1, -0.05) is 18.2 Å². The van der Waals surface area contributed by atoms with Gasteiger partial charge in [-0.3, -0.25) is 14.4 Å². The molecule has 2 aromatic carbocycles. The largest absolute Gasteiger partial charge is 0.506 e. The Morgan fingerprint density at radius 2 is 1.97 bits per heavy atom. The van der Waals surface area contributed by atoms with Crippen LogP contribution in [0.4, 0.5) is 0 Å². The standard InChI is InChI=1S/C26H19NO7/c1-11-8-17(29)33-24-19(11)23(31)20(12(2)28)25-21(24)15(10-18(30)34-25)16-9-14-5-3-4-13-6-7-27(22(13)14)26(16)32/h3-5,8-9,15,31H,6-7,10H2,1-2H3/t15-/m0/s1. The van der Waals surface area contributed by atoms with Crippen molar-refractivity contribution in [2.75, 3.05) is 0 Å². The van der Waals surface area contributed by atoms with Gasteiger partial charge in [0, 0.05) is 29.7 Å². The second-order valence-corrected chi connectivity index (χ2v) is 8.87. The van der Waals surface area contributed by atoms with E-state index in [2.05, 4.69) is 0 Å². The number of aromatic hydroxyl groups is 1. The molecule has 34 heavy (non-hydrogen) atoms. The van der Waals surface area contributed by atoms with Crippen molar-refractivity contribution in [3.8, 4) is 11.5 Å². The fourth-order valence-corrected chi connectivity index (χ4v) is 5.44. The number of ether oxygens (including phenoxy) is 1. The number of benzene rings is 2. The lowest BCUT2D eigenvalue weighted by Gasteiger charge is -2.28. The number of fused-ring (bicyclic) bond motifs is 3. The van der Waals surface area contributed by atoms with E-state index in [0.29, 0.717) is 17.7 Å². The number of carbonyl (C=O) groups excluding carboxylic acids is 2. The average Bonchev–Trinajstić information content (AvgIpc) is 3.20. The molecule has 170 valence electrons. The van der Waals surface area contributed by atoms with Crippen LogP contribution in [0.3, 0.4) is 0 Å². The van der Waals surface area contributed by atoms with E-state index in [9.17, 15) is 24.3 Å². The number of aryl methyl sites for hydroxylation is 3. The Morgan fingerprint density at radius 3 is 2.74 bits per heavy atom. The Morgan fingerprint density at radius 1 is 1.18 bits per heavy atom. The first-order valence-electron chi connectivity index (χ1n) is 11.0. The first kappa shape index (κ1) is 20.4. The Kier molecular flexibility index (Phi) is 4.14.